The van der Waals surface area contributed by atoms with Gasteiger partial charge in [0, 0.05) is 18.7 Å². The fourth-order valence-corrected chi connectivity index (χ4v) is 3.08. The second kappa shape index (κ2) is 7.52. The van der Waals surface area contributed by atoms with Crippen LogP contribution in [0, 0.1) is 6.92 Å². The molecule has 1 N–H and O–H groups in total. The second-order valence-corrected chi connectivity index (χ2v) is 6.47. The molecule has 3 rings (SSSR count). The summed E-state index contributed by atoms with van der Waals surface area (Å²) >= 11 is 0. The lowest BCUT2D eigenvalue weighted by Crippen LogP contribution is -2.28. The number of aromatic nitrogens is 2. The molecular formula is C21H23N3O2. The normalized spacial score (nSPS) is 12.1. The maximum atomic E-state index is 12.5. The van der Waals surface area contributed by atoms with Crippen molar-refractivity contribution in [2.75, 3.05) is 6.54 Å². The Morgan fingerprint density at radius 2 is 1.92 bits per heavy atom. The van der Waals surface area contributed by atoms with Crippen LogP contribution in [0.5, 0.6) is 0 Å². The van der Waals surface area contributed by atoms with Crippen LogP contribution in [0.1, 0.15) is 41.4 Å². The van der Waals surface area contributed by atoms with E-state index in [0.29, 0.717) is 29.9 Å². The van der Waals surface area contributed by atoms with Crippen LogP contribution in [0.15, 0.2) is 53.3 Å². The first-order valence-corrected chi connectivity index (χ1v) is 8.85. The van der Waals surface area contributed by atoms with Crippen LogP contribution in [0.4, 0.5) is 0 Å². The third kappa shape index (κ3) is 3.52. The van der Waals surface area contributed by atoms with Crippen molar-refractivity contribution in [2.24, 2.45) is 0 Å². The third-order valence-corrected chi connectivity index (χ3v) is 4.62. The zero-order valence-electron chi connectivity index (χ0n) is 15.3. The Bertz CT molecular complexity index is 993. The molecule has 5 nitrogen and oxygen atoms in total. The summed E-state index contributed by atoms with van der Waals surface area (Å²) in [5.41, 5.74) is 3.50. The molecule has 1 heterocycles. The first-order chi connectivity index (χ1) is 12.5. The Labute approximate surface area is 152 Å². The highest BCUT2D eigenvalue weighted by atomic mass is 16.1. The maximum absolute atomic E-state index is 12.5. The zero-order chi connectivity index (χ0) is 18.7. The Balaban J connectivity index is 1.81. The highest BCUT2D eigenvalue weighted by molar-refractivity contribution is 5.97. The van der Waals surface area contributed by atoms with Gasteiger partial charge in [0.05, 0.1) is 11.0 Å². The van der Waals surface area contributed by atoms with E-state index in [1.54, 1.807) is 29.7 Å². The number of carbonyl (C=O) groups is 1. The lowest BCUT2D eigenvalue weighted by molar-refractivity contribution is 0.0952. The SMILES string of the molecule is CCn1c(=O)c(C)nc2cc(C(=O)NCC(C)c3ccccc3)ccc21. The first-order valence-electron chi connectivity index (χ1n) is 8.85. The minimum absolute atomic E-state index is 0.0890. The predicted octanol–water partition coefficient (Wildman–Crippen LogP) is 3.26. The van der Waals surface area contributed by atoms with Gasteiger partial charge in [0.2, 0.25) is 0 Å². The average Bonchev–Trinajstić information content (AvgIpc) is 2.67. The van der Waals surface area contributed by atoms with Crippen molar-refractivity contribution in [2.45, 2.75) is 33.2 Å². The summed E-state index contributed by atoms with van der Waals surface area (Å²) in [6.07, 6.45) is 0. The number of nitrogens with one attached hydrogen (secondary N) is 1. The van der Waals surface area contributed by atoms with E-state index in [2.05, 4.69) is 29.4 Å². The van der Waals surface area contributed by atoms with Crippen molar-refractivity contribution >= 4 is 16.9 Å². The highest BCUT2D eigenvalue weighted by Gasteiger charge is 2.12. The molecule has 0 saturated carbocycles. The molecule has 26 heavy (non-hydrogen) atoms. The largest absolute Gasteiger partial charge is 0.351 e. The maximum Gasteiger partial charge on any atom is 0.272 e. The van der Waals surface area contributed by atoms with Crippen molar-refractivity contribution in [3.63, 3.8) is 0 Å². The summed E-state index contributed by atoms with van der Waals surface area (Å²) in [6, 6.07) is 15.4. The molecule has 0 bridgehead atoms. The van der Waals surface area contributed by atoms with Crippen LogP contribution < -0.4 is 10.9 Å². The Morgan fingerprint density at radius 3 is 2.62 bits per heavy atom. The fourth-order valence-electron chi connectivity index (χ4n) is 3.08. The van der Waals surface area contributed by atoms with Crippen LogP contribution in [-0.4, -0.2) is 22.0 Å². The van der Waals surface area contributed by atoms with E-state index in [1.807, 2.05) is 25.1 Å². The lowest BCUT2D eigenvalue weighted by atomic mass is 10.0. The Kier molecular flexibility index (Phi) is 5.16. The van der Waals surface area contributed by atoms with E-state index in [1.165, 1.54) is 5.56 Å². The minimum Gasteiger partial charge on any atom is -0.351 e. The smallest absolute Gasteiger partial charge is 0.272 e. The van der Waals surface area contributed by atoms with E-state index in [-0.39, 0.29) is 17.4 Å². The summed E-state index contributed by atoms with van der Waals surface area (Å²) in [7, 11) is 0. The van der Waals surface area contributed by atoms with Gasteiger partial charge in [-0.3, -0.25) is 9.59 Å². The van der Waals surface area contributed by atoms with Crippen LogP contribution in [0.2, 0.25) is 0 Å². The monoisotopic (exact) mass is 349 g/mol. The van der Waals surface area contributed by atoms with Gasteiger partial charge in [0.1, 0.15) is 5.69 Å². The van der Waals surface area contributed by atoms with Gasteiger partial charge in [-0.05, 0) is 43.5 Å². The van der Waals surface area contributed by atoms with Crippen LogP contribution in [0.3, 0.4) is 0 Å². The number of nitrogens with zero attached hydrogens (tertiary/aromatic N) is 2. The number of amides is 1. The Morgan fingerprint density at radius 1 is 1.19 bits per heavy atom. The predicted molar refractivity (Wildman–Crippen MR) is 104 cm³/mol. The molecule has 0 radical (unpaired) electrons. The molecular weight excluding hydrogens is 326 g/mol. The fraction of sp³-hybridized carbons (Fsp3) is 0.286. The summed E-state index contributed by atoms with van der Waals surface area (Å²) in [6.45, 7) is 6.83. The molecule has 0 aliphatic rings. The Hall–Kier alpha value is -2.95. The van der Waals surface area contributed by atoms with Crippen molar-refractivity contribution < 1.29 is 4.79 Å². The molecule has 134 valence electrons. The van der Waals surface area contributed by atoms with Gasteiger partial charge in [-0.25, -0.2) is 4.98 Å². The molecule has 0 fully saturated rings. The molecule has 5 heteroatoms. The van der Waals surface area contributed by atoms with Crippen molar-refractivity contribution in [3.05, 3.63) is 75.7 Å². The van der Waals surface area contributed by atoms with E-state index < -0.39 is 0 Å². The van der Waals surface area contributed by atoms with E-state index in [9.17, 15) is 9.59 Å². The van der Waals surface area contributed by atoms with Gasteiger partial charge < -0.3 is 9.88 Å². The summed E-state index contributed by atoms with van der Waals surface area (Å²) in [5, 5.41) is 2.98. The number of fused-ring (bicyclic) bond motifs is 1. The third-order valence-electron chi connectivity index (χ3n) is 4.62. The van der Waals surface area contributed by atoms with E-state index >= 15 is 0 Å². The second-order valence-electron chi connectivity index (χ2n) is 6.47. The molecule has 1 aromatic heterocycles. The molecule has 3 aromatic rings. The van der Waals surface area contributed by atoms with Crippen LogP contribution in [-0.2, 0) is 6.54 Å². The zero-order valence-corrected chi connectivity index (χ0v) is 15.3. The van der Waals surface area contributed by atoms with Crippen LogP contribution in [0.25, 0.3) is 11.0 Å². The van der Waals surface area contributed by atoms with Gasteiger partial charge in [0.15, 0.2) is 0 Å². The van der Waals surface area contributed by atoms with Gasteiger partial charge in [0.25, 0.3) is 11.5 Å². The quantitative estimate of drug-likeness (QED) is 0.769. The molecule has 1 unspecified atom stereocenters. The first kappa shape index (κ1) is 17.9. The number of carbonyl (C=O) groups excluding carboxylic acids is 1. The van der Waals surface area contributed by atoms with E-state index in [4.69, 9.17) is 0 Å². The average molecular weight is 349 g/mol. The lowest BCUT2D eigenvalue weighted by Gasteiger charge is -2.14. The van der Waals surface area contributed by atoms with Crippen molar-refractivity contribution in [1.82, 2.24) is 14.9 Å². The van der Waals surface area contributed by atoms with Crippen LogP contribution >= 0.6 is 0 Å². The molecule has 0 spiro atoms. The molecule has 0 saturated heterocycles. The topological polar surface area (TPSA) is 64.0 Å². The van der Waals surface area contributed by atoms with Gasteiger partial charge >= 0.3 is 0 Å². The molecule has 1 atom stereocenters. The van der Waals surface area contributed by atoms with Crippen molar-refractivity contribution in [3.8, 4) is 0 Å². The van der Waals surface area contributed by atoms with Crippen molar-refractivity contribution in [1.29, 1.82) is 0 Å². The molecule has 0 aliphatic heterocycles. The summed E-state index contributed by atoms with van der Waals surface area (Å²) in [4.78, 5) is 29.0. The van der Waals surface area contributed by atoms with E-state index in [0.717, 1.165) is 5.52 Å². The number of hydrogen-bond acceptors (Lipinski definition) is 3. The van der Waals surface area contributed by atoms with Gasteiger partial charge in [-0.1, -0.05) is 37.3 Å². The molecule has 1 amide bonds. The minimum atomic E-state index is -0.136. The van der Waals surface area contributed by atoms with Gasteiger partial charge in [-0.15, -0.1) is 0 Å². The standard InChI is InChI=1S/C21H23N3O2/c1-4-24-19-11-10-17(12-18(19)23-15(3)21(24)26)20(25)22-13-14(2)16-8-6-5-7-9-16/h5-12,14H,4,13H2,1-3H3,(H,22,25). The number of benzene rings is 2. The number of aryl methyl sites for hydroxylation is 2. The molecule has 0 aliphatic carbocycles. The number of rotatable bonds is 5. The van der Waals surface area contributed by atoms with Gasteiger partial charge in [-0.2, -0.15) is 0 Å². The molecule has 2 aromatic carbocycles. The summed E-state index contributed by atoms with van der Waals surface area (Å²) in [5.74, 6) is 0.0922. The summed E-state index contributed by atoms with van der Waals surface area (Å²) < 4.78 is 1.68. The number of hydrogen-bond donors (Lipinski definition) is 1. The highest BCUT2D eigenvalue weighted by Crippen LogP contribution is 2.15.